The van der Waals surface area contributed by atoms with Gasteiger partial charge in [-0.1, -0.05) is 36.4 Å². The van der Waals surface area contributed by atoms with Gasteiger partial charge in [-0.3, -0.25) is 13.7 Å². The van der Waals surface area contributed by atoms with Crippen molar-refractivity contribution >= 4 is 61.2 Å². The molecule has 0 saturated carbocycles. The fraction of sp³-hybridized carbons (Fsp3) is 0.511. The van der Waals surface area contributed by atoms with Crippen LogP contribution in [0.15, 0.2) is 64.4 Å². The molecule has 3 aromatic heterocycles. The summed E-state index contributed by atoms with van der Waals surface area (Å²) in [6.07, 6.45) is 0. The van der Waals surface area contributed by atoms with Crippen molar-refractivity contribution in [1.82, 2.24) is 14.7 Å². The number of likely N-dealkylation sites (N-methyl/N-ethyl adjacent to an activating group) is 3. The largest absolute Gasteiger partial charge is 0.448 e. The van der Waals surface area contributed by atoms with Crippen molar-refractivity contribution in [2.75, 3.05) is 21.1 Å². The van der Waals surface area contributed by atoms with Crippen LogP contribution in [0.1, 0.15) is 115 Å². The molecule has 11 rings (SSSR count). The lowest BCUT2D eigenvalue weighted by molar-refractivity contribution is -0.526. The summed E-state index contributed by atoms with van der Waals surface area (Å²) in [6.45, 7) is 28.0. The number of hydrogen-bond acceptors (Lipinski definition) is 6. The molecule has 2 aromatic carbocycles. The Bertz CT molecular complexity index is 2410. The van der Waals surface area contributed by atoms with E-state index in [-0.39, 0.29) is 16.6 Å². The number of thiophene rings is 2. The van der Waals surface area contributed by atoms with E-state index in [9.17, 15) is 0 Å². The minimum Gasteiger partial charge on any atom is -0.448 e. The summed E-state index contributed by atoms with van der Waals surface area (Å²) in [5.41, 5.74) is 5.59. The first-order valence-electron chi connectivity index (χ1n) is 20.7. The highest BCUT2D eigenvalue weighted by Gasteiger charge is 2.61. The van der Waals surface area contributed by atoms with Gasteiger partial charge in [-0.25, -0.2) is 14.7 Å². The Morgan fingerprint density at radius 1 is 0.554 bits per heavy atom. The second-order valence-electron chi connectivity index (χ2n) is 18.8. The Balaban J connectivity index is 0.000000111. The average molecular weight is 790 g/mol. The summed E-state index contributed by atoms with van der Waals surface area (Å²) in [6, 6.07) is 22.8. The van der Waals surface area contributed by atoms with Crippen molar-refractivity contribution in [3.8, 4) is 0 Å². The lowest BCUT2D eigenvalue weighted by atomic mass is 9.92. The van der Waals surface area contributed by atoms with Gasteiger partial charge in [0.15, 0.2) is 0 Å². The summed E-state index contributed by atoms with van der Waals surface area (Å²) in [7, 11) is 6.64. The van der Waals surface area contributed by atoms with Gasteiger partial charge in [0.1, 0.15) is 68.2 Å². The molecule has 56 heavy (non-hydrogen) atoms. The molecular weight excluding hydrogens is 729 g/mol. The van der Waals surface area contributed by atoms with E-state index < -0.39 is 0 Å². The van der Waals surface area contributed by atoms with E-state index in [4.69, 9.17) is 4.42 Å². The topological polar surface area (TPSA) is 31.9 Å². The SMILES string of the molecule is CC1C(C)[N+](C)=C2c3oc4ccccc4c3C(C)(C)N21.CC1C(C)[N+](C)=C2c3sc4ccccc4c3C(C)(C)N21.CC1C(C)[N+](C)=C2c3sccc3C(C)(C)N21. The van der Waals surface area contributed by atoms with Crippen molar-refractivity contribution in [3.05, 3.63) is 92.2 Å². The molecule has 0 amide bonds. The number of para-hydroxylation sites is 1. The zero-order valence-electron chi connectivity index (χ0n) is 36.1. The first-order chi connectivity index (χ1) is 26.3. The number of fused-ring (bicyclic) bond motifs is 13. The van der Waals surface area contributed by atoms with E-state index in [1.807, 2.05) is 28.7 Å². The zero-order chi connectivity index (χ0) is 40.1. The Morgan fingerprint density at radius 2 is 1.04 bits per heavy atom. The second kappa shape index (κ2) is 12.3. The van der Waals surface area contributed by atoms with E-state index in [1.165, 1.54) is 59.4 Å². The number of hydrogen-bond donors (Lipinski definition) is 0. The van der Waals surface area contributed by atoms with Crippen LogP contribution in [0.3, 0.4) is 0 Å². The van der Waals surface area contributed by atoms with Crippen molar-refractivity contribution in [2.45, 2.75) is 136 Å². The normalized spacial score (nSPS) is 28.4. The van der Waals surface area contributed by atoms with Gasteiger partial charge >= 0.3 is 5.84 Å². The monoisotopic (exact) mass is 789 g/mol. The fourth-order valence-electron chi connectivity index (χ4n) is 11.4. The molecule has 0 spiro atoms. The maximum absolute atomic E-state index is 6.21. The lowest BCUT2D eigenvalue weighted by Gasteiger charge is -2.29. The molecule has 0 N–H and O–H groups in total. The van der Waals surface area contributed by atoms with Crippen molar-refractivity contribution in [1.29, 1.82) is 0 Å². The quantitative estimate of drug-likeness (QED) is 0.147. The summed E-state index contributed by atoms with van der Waals surface area (Å²) in [5, 5.41) is 4.91. The third kappa shape index (κ3) is 4.70. The van der Waals surface area contributed by atoms with Crippen LogP contribution < -0.4 is 0 Å². The van der Waals surface area contributed by atoms with E-state index in [1.54, 1.807) is 0 Å². The lowest BCUT2D eigenvalue weighted by Crippen LogP contribution is -2.44. The molecule has 0 radical (unpaired) electrons. The number of furan rings is 1. The predicted octanol–water partition coefficient (Wildman–Crippen LogP) is 9.27. The number of nitrogens with zero attached hydrogens (tertiary/aromatic N) is 6. The van der Waals surface area contributed by atoms with Crippen molar-refractivity contribution < 1.29 is 18.1 Å². The molecule has 6 aliphatic heterocycles. The molecule has 9 heterocycles. The van der Waals surface area contributed by atoms with Crippen LogP contribution in [0.5, 0.6) is 0 Å². The molecule has 5 aromatic rings. The molecule has 9 heteroatoms. The minimum absolute atomic E-state index is 0.0181. The maximum Gasteiger partial charge on any atom is 0.317 e. The maximum atomic E-state index is 6.21. The van der Waals surface area contributed by atoms with Crippen LogP contribution in [0.25, 0.3) is 21.1 Å². The van der Waals surface area contributed by atoms with Crippen LogP contribution >= 0.6 is 22.7 Å². The van der Waals surface area contributed by atoms with E-state index in [2.05, 4.69) is 187 Å². The number of rotatable bonds is 0. The van der Waals surface area contributed by atoms with Gasteiger partial charge in [-0.2, -0.15) is 0 Å². The Labute approximate surface area is 341 Å². The number of benzene rings is 2. The molecule has 294 valence electrons. The minimum atomic E-state index is -0.0181. The Hall–Kier alpha value is -3.95. The molecule has 0 bridgehead atoms. The highest BCUT2D eigenvalue weighted by Crippen LogP contribution is 2.51. The van der Waals surface area contributed by atoms with Gasteiger partial charge in [0.25, 0.3) is 11.7 Å². The Kier molecular flexibility index (Phi) is 8.25. The smallest absolute Gasteiger partial charge is 0.317 e. The molecular formula is C47H61N6OS2+3. The van der Waals surface area contributed by atoms with Gasteiger partial charge in [0.05, 0.1) is 26.7 Å². The van der Waals surface area contributed by atoms with Crippen LogP contribution in [-0.4, -0.2) is 103 Å². The van der Waals surface area contributed by atoms with Crippen LogP contribution in [0.4, 0.5) is 0 Å². The van der Waals surface area contributed by atoms with Crippen LogP contribution in [0, 0.1) is 0 Å². The van der Waals surface area contributed by atoms with E-state index in [0.717, 1.165) is 11.3 Å². The highest BCUT2D eigenvalue weighted by molar-refractivity contribution is 7.21. The molecule has 7 nitrogen and oxygen atoms in total. The van der Waals surface area contributed by atoms with Gasteiger partial charge in [-0.05, 0) is 107 Å². The van der Waals surface area contributed by atoms with E-state index in [0.29, 0.717) is 36.3 Å². The highest BCUT2D eigenvalue weighted by atomic mass is 32.1. The number of amidine groups is 3. The molecule has 0 aliphatic carbocycles. The van der Waals surface area contributed by atoms with E-state index >= 15 is 0 Å². The van der Waals surface area contributed by atoms with Crippen molar-refractivity contribution in [2.24, 2.45) is 0 Å². The van der Waals surface area contributed by atoms with Crippen LogP contribution in [0.2, 0.25) is 0 Å². The average Bonchev–Trinajstić information content (AvgIpc) is 4.03. The zero-order valence-corrected chi connectivity index (χ0v) is 37.8. The predicted molar refractivity (Wildman–Crippen MR) is 235 cm³/mol. The Morgan fingerprint density at radius 3 is 1.66 bits per heavy atom. The molecule has 6 atom stereocenters. The molecule has 6 unspecified atom stereocenters. The third-order valence-electron chi connectivity index (χ3n) is 15.0. The van der Waals surface area contributed by atoms with Gasteiger partial charge in [-0.15, -0.1) is 22.7 Å². The second-order valence-corrected chi connectivity index (χ2v) is 20.8. The van der Waals surface area contributed by atoms with Gasteiger partial charge in [0, 0.05) is 26.6 Å². The van der Waals surface area contributed by atoms with Gasteiger partial charge in [0.2, 0.25) is 5.76 Å². The first-order valence-corrected chi connectivity index (χ1v) is 22.3. The van der Waals surface area contributed by atoms with Crippen LogP contribution in [-0.2, 0) is 16.6 Å². The molecule has 0 saturated heterocycles. The van der Waals surface area contributed by atoms with Gasteiger partial charge < -0.3 is 4.42 Å². The standard InChI is InChI=1S/C17H21N2O.C17H21N2S.C13H19N2S/c2*1-10-11(2)19-16(18(10)5)15-14(17(19,3)4)12-8-6-7-9-13(12)20-15;1-8-9(2)15-12(14(8)5)11-10(6-7-16-11)13(15,3)4/h2*6-11H,1-5H3;6-9H,1-5H3/q3*+1. The molecule has 6 aliphatic rings. The first kappa shape index (κ1) is 37.6. The summed E-state index contributed by atoms with van der Waals surface area (Å²) < 4.78 is 14.9. The summed E-state index contributed by atoms with van der Waals surface area (Å²) in [4.78, 5) is 10.7. The summed E-state index contributed by atoms with van der Waals surface area (Å²) in [5.74, 6) is 5.19. The third-order valence-corrected chi connectivity index (χ3v) is 17.1. The molecule has 0 fully saturated rings. The summed E-state index contributed by atoms with van der Waals surface area (Å²) >= 11 is 3.83. The van der Waals surface area contributed by atoms with Crippen molar-refractivity contribution in [3.63, 3.8) is 0 Å². The fourth-order valence-corrected chi connectivity index (χ4v) is 13.9.